The number of nitrogens with two attached hydrogens (primary N) is 1. The lowest BCUT2D eigenvalue weighted by Gasteiger charge is -2.33. The van der Waals surface area contributed by atoms with Crippen molar-refractivity contribution in [1.82, 2.24) is 14.4 Å². The second-order valence-corrected chi connectivity index (χ2v) is 5.01. The van der Waals surface area contributed by atoms with Crippen molar-refractivity contribution in [2.24, 2.45) is 0 Å². The van der Waals surface area contributed by atoms with Gasteiger partial charge in [-0.2, -0.15) is 0 Å². The number of fused-ring (bicyclic) bond motifs is 3. The third kappa shape index (κ3) is 1.45. The van der Waals surface area contributed by atoms with Gasteiger partial charge in [0.2, 0.25) is 0 Å². The Labute approximate surface area is 104 Å². The van der Waals surface area contributed by atoms with Gasteiger partial charge in [-0.3, -0.25) is 0 Å². The largest absolute Gasteiger partial charge is 0.382 e. The van der Waals surface area contributed by atoms with Gasteiger partial charge in [-0.25, -0.2) is 9.97 Å². The minimum absolute atomic E-state index is 0.335. The monoisotopic (exact) mass is 245 g/mol. The van der Waals surface area contributed by atoms with Crippen molar-refractivity contribution in [3.05, 3.63) is 18.6 Å². The molecule has 2 fully saturated rings. The van der Waals surface area contributed by atoms with Crippen LogP contribution in [0.1, 0.15) is 12.8 Å². The lowest BCUT2D eigenvalue weighted by atomic mass is 10.2. The topological polar surface area (TPSA) is 68.7 Å². The first-order chi connectivity index (χ1) is 8.79. The van der Waals surface area contributed by atoms with Crippen molar-refractivity contribution >= 4 is 17.3 Å². The van der Waals surface area contributed by atoms with E-state index in [0.29, 0.717) is 18.0 Å². The molecule has 18 heavy (non-hydrogen) atoms. The smallest absolute Gasteiger partial charge is 0.180 e. The molecule has 0 amide bonds. The molecule has 2 aliphatic heterocycles. The Hall–Kier alpha value is -1.82. The predicted molar refractivity (Wildman–Crippen MR) is 67.5 cm³/mol. The maximum atomic E-state index is 5.86. The molecular formula is C12H15N5O. The standard InChI is InChI=1S/C12H15N5O/c13-10-7-16-4-3-14-11(16)12(15-10)17-5-8-1-2-9(6-17)18-8/h3-4,7-9H,1-2,5-6,13H2. The summed E-state index contributed by atoms with van der Waals surface area (Å²) in [5, 5.41) is 0. The van der Waals surface area contributed by atoms with Crippen LogP contribution in [0.25, 0.3) is 5.65 Å². The molecule has 6 heteroatoms. The van der Waals surface area contributed by atoms with Crippen LogP contribution < -0.4 is 10.6 Å². The van der Waals surface area contributed by atoms with Crippen LogP contribution in [0.4, 0.5) is 11.6 Å². The fraction of sp³-hybridized carbons (Fsp3) is 0.500. The summed E-state index contributed by atoms with van der Waals surface area (Å²) in [6.07, 6.45) is 8.42. The molecule has 2 saturated heterocycles. The number of nitrogens with zero attached hydrogens (tertiary/aromatic N) is 4. The Morgan fingerprint density at radius 3 is 2.83 bits per heavy atom. The van der Waals surface area contributed by atoms with Gasteiger partial charge in [0, 0.05) is 25.5 Å². The zero-order valence-electron chi connectivity index (χ0n) is 9.99. The third-order valence-electron chi connectivity index (χ3n) is 3.72. The Bertz CT molecular complexity index is 583. The van der Waals surface area contributed by atoms with Gasteiger partial charge in [-0.05, 0) is 12.8 Å². The summed E-state index contributed by atoms with van der Waals surface area (Å²) in [7, 11) is 0. The van der Waals surface area contributed by atoms with Gasteiger partial charge in [0.15, 0.2) is 11.5 Å². The highest BCUT2D eigenvalue weighted by molar-refractivity contribution is 5.66. The quantitative estimate of drug-likeness (QED) is 0.800. The second-order valence-electron chi connectivity index (χ2n) is 5.01. The van der Waals surface area contributed by atoms with E-state index in [4.69, 9.17) is 10.5 Å². The van der Waals surface area contributed by atoms with Gasteiger partial charge >= 0.3 is 0 Å². The second kappa shape index (κ2) is 3.58. The number of morpholine rings is 1. The Balaban J connectivity index is 1.79. The number of anilines is 2. The number of hydrogen-bond acceptors (Lipinski definition) is 5. The molecule has 0 aromatic carbocycles. The molecule has 0 saturated carbocycles. The summed E-state index contributed by atoms with van der Waals surface area (Å²) in [4.78, 5) is 11.1. The summed E-state index contributed by atoms with van der Waals surface area (Å²) in [6, 6.07) is 0. The lowest BCUT2D eigenvalue weighted by Crippen LogP contribution is -2.43. The lowest BCUT2D eigenvalue weighted by molar-refractivity contribution is 0.0303. The van der Waals surface area contributed by atoms with E-state index in [1.54, 1.807) is 12.4 Å². The van der Waals surface area contributed by atoms with E-state index < -0.39 is 0 Å². The van der Waals surface area contributed by atoms with Crippen LogP contribution >= 0.6 is 0 Å². The molecular weight excluding hydrogens is 230 g/mol. The molecule has 0 aliphatic carbocycles. The van der Waals surface area contributed by atoms with Crippen molar-refractivity contribution < 1.29 is 4.74 Å². The summed E-state index contributed by atoms with van der Waals surface area (Å²) < 4.78 is 7.77. The summed E-state index contributed by atoms with van der Waals surface area (Å²) in [6.45, 7) is 1.77. The van der Waals surface area contributed by atoms with E-state index in [-0.39, 0.29) is 0 Å². The maximum absolute atomic E-state index is 5.86. The zero-order chi connectivity index (χ0) is 12.1. The molecule has 2 bridgehead atoms. The van der Waals surface area contributed by atoms with E-state index in [1.807, 2.05) is 10.6 Å². The fourth-order valence-electron chi connectivity index (χ4n) is 2.93. The Morgan fingerprint density at radius 2 is 2.06 bits per heavy atom. The van der Waals surface area contributed by atoms with Crippen LogP contribution in [-0.2, 0) is 4.74 Å². The molecule has 2 unspecified atom stereocenters. The molecule has 2 N–H and O–H groups in total. The first-order valence-electron chi connectivity index (χ1n) is 6.29. The van der Waals surface area contributed by atoms with Crippen molar-refractivity contribution in [3.63, 3.8) is 0 Å². The van der Waals surface area contributed by atoms with E-state index in [1.165, 1.54) is 0 Å². The minimum Gasteiger partial charge on any atom is -0.382 e. The van der Waals surface area contributed by atoms with E-state index in [0.717, 1.165) is 37.4 Å². The molecule has 2 aromatic heterocycles. The fourth-order valence-corrected chi connectivity index (χ4v) is 2.93. The van der Waals surface area contributed by atoms with Crippen LogP contribution in [0.3, 0.4) is 0 Å². The third-order valence-corrected chi connectivity index (χ3v) is 3.72. The number of rotatable bonds is 1. The van der Waals surface area contributed by atoms with Crippen molar-refractivity contribution in [2.75, 3.05) is 23.7 Å². The predicted octanol–water partition coefficient (Wildman–Crippen LogP) is 0.679. The first-order valence-corrected chi connectivity index (χ1v) is 6.29. The zero-order valence-corrected chi connectivity index (χ0v) is 9.99. The van der Waals surface area contributed by atoms with E-state index in [2.05, 4.69) is 14.9 Å². The van der Waals surface area contributed by atoms with Crippen LogP contribution in [0.5, 0.6) is 0 Å². The first kappa shape index (κ1) is 10.1. The average Bonchev–Trinajstić information content (AvgIpc) is 2.94. The molecule has 6 nitrogen and oxygen atoms in total. The van der Waals surface area contributed by atoms with Crippen molar-refractivity contribution in [3.8, 4) is 0 Å². The SMILES string of the molecule is Nc1cn2ccnc2c(N2CC3CCC(C2)O3)n1. The normalized spacial score (nSPS) is 27.0. The highest BCUT2D eigenvalue weighted by Gasteiger charge is 2.35. The Morgan fingerprint density at radius 1 is 1.28 bits per heavy atom. The molecule has 2 atom stereocenters. The average molecular weight is 245 g/mol. The van der Waals surface area contributed by atoms with Gasteiger partial charge in [0.05, 0.1) is 18.4 Å². The van der Waals surface area contributed by atoms with Crippen molar-refractivity contribution in [1.29, 1.82) is 0 Å². The number of imidazole rings is 1. The molecule has 4 heterocycles. The van der Waals surface area contributed by atoms with Gasteiger partial charge < -0.3 is 19.8 Å². The molecule has 94 valence electrons. The summed E-state index contributed by atoms with van der Waals surface area (Å²) in [5.74, 6) is 1.40. The van der Waals surface area contributed by atoms with Crippen LogP contribution in [0.15, 0.2) is 18.6 Å². The van der Waals surface area contributed by atoms with Crippen LogP contribution in [0, 0.1) is 0 Å². The van der Waals surface area contributed by atoms with E-state index in [9.17, 15) is 0 Å². The van der Waals surface area contributed by atoms with Gasteiger partial charge in [-0.1, -0.05) is 0 Å². The molecule has 0 radical (unpaired) electrons. The highest BCUT2D eigenvalue weighted by atomic mass is 16.5. The molecule has 2 aromatic rings. The summed E-state index contributed by atoms with van der Waals surface area (Å²) >= 11 is 0. The molecule has 0 spiro atoms. The molecule has 2 aliphatic rings. The maximum Gasteiger partial charge on any atom is 0.180 e. The van der Waals surface area contributed by atoms with Crippen LogP contribution in [0.2, 0.25) is 0 Å². The number of nitrogen functional groups attached to an aromatic ring is 1. The molecule has 4 rings (SSSR count). The number of hydrogen-bond donors (Lipinski definition) is 1. The van der Waals surface area contributed by atoms with Crippen molar-refractivity contribution in [2.45, 2.75) is 25.0 Å². The van der Waals surface area contributed by atoms with Crippen LogP contribution in [-0.4, -0.2) is 39.7 Å². The minimum atomic E-state index is 0.335. The number of aromatic nitrogens is 3. The number of ether oxygens (including phenoxy) is 1. The van der Waals surface area contributed by atoms with Gasteiger partial charge in [0.25, 0.3) is 0 Å². The van der Waals surface area contributed by atoms with Gasteiger partial charge in [-0.15, -0.1) is 0 Å². The van der Waals surface area contributed by atoms with E-state index >= 15 is 0 Å². The Kier molecular flexibility index (Phi) is 2.02. The highest BCUT2D eigenvalue weighted by Crippen LogP contribution is 2.30. The summed E-state index contributed by atoms with van der Waals surface area (Å²) in [5.41, 5.74) is 6.72. The van der Waals surface area contributed by atoms with Gasteiger partial charge in [0.1, 0.15) is 5.82 Å².